The SMILES string of the molecule is COc1ccccc1NC(=O)C(C)(C)C(=O)N1CCCc2ccccc21. The summed E-state index contributed by atoms with van der Waals surface area (Å²) in [5.74, 6) is 0.0134. The van der Waals surface area contributed by atoms with Crippen molar-refractivity contribution in [1.82, 2.24) is 0 Å². The fourth-order valence-corrected chi connectivity index (χ4v) is 3.21. The van der Waals surface area contributed by atoms with Gasteiger partial charge in [0.25, 0.3) is 0 Å². The lowest BCUT2D eigenvalue weighted by Crippen LogP contribution is -2.49. The molecule has 2 aromatic rings. The lowest BCUT2D eigenvalue weighted by atomic mass is 9.88. The minimum Gasteiger partial charge on any atom is -0.495 e. The van der Waals surface area contributed by atoms with Crippen molar-refractivity contribution in [2.45, 2.75) is 26.7 Å². The minimum atomic E-state index is -1.20. The zero-order valence-corrected chi connectivity index (χ0v) is 15.4. The number of anilines is 2. The maximum Gasteiger partial charge on any atom is 0.242 e. The number of nitrogens with one attached hydrogen (secondary N) is 1. The molecule has 136 valence electrons. The molecule has 0 fully saturated rings. The lowest BCUT2D eigenvalue weighted by Gasteiger charge is -2.35. The summed E-state index contributed by atoms with van der Waals surface area (Å²) in [7, 11) is 1.55. The number of ether oxygens (including phenoxy) is 1. The van der Waals surface area contributed by atoms with Crippen LogP contribution in [0.3, 0.4) is 0 Å². The summed E-state index contributed by atoms with van der Waals surface area (Å²) in [4.78, 5) is 27.8. The Labute approximate surface area is 154 Å². The number of aryl methyl sites for hydroxylation is 1. The van der Waals surface area contributed by atoms with E-state index in [-0.39, 0.29) is 11.8 Å². The second kappa shape index (κ2) is 7.20. The molecule has 0 saturated carbocycles. The second-order valence-corrected chi connectivity index (χ2v) is 6.97. The van der Waals surface area contributed by atoms with Gasteiger partial charge in [-0.3, -0.25) is 9.59 Å². The molecule has 3 rings (SSSR count). The summed E-state index contributed by atoms with van der Waals surface area (Å²) < 4.78 is 5.27. The van der Waals surface area contributed by atoms with Gasteiger partial charge >= 0.3 is 0 Å². The number of rotatable bonds is 4. The Bertz CT molecular complexity index is 830. The van der Waals surface area contributed by atoms with E-state index in [2.05, 4.69) is 5.32 Å². The van der Waals surface area contributed by atoms with Crippen molar-refractivity contribution in [1.29, 1.82) is 0 Å². The highest BCUT2D eigenvalue weighted by Gasteiger charge is 2.41. The molecule has 5 heteroatoms. The van der Waals surface area contributed by atoms with E-state index in [1.807, 2.05) is 36.4 Å². The molecule has 0 atom stereocenters. The van der Waals surface area contributed by atoms with Crippen molar-refractivity contribution in [2.24, 2.45) is 5.41 Å². The summed E-state index contributed by atoms with van der Waals surface area (Å²) in [6, 6.07) is 15.1. The molecular formula is C21H24N2O3. The predicted molar refractivity (Wildman–Crippen MR) is 103 cm³/mol. The number of amides is 2. The molecule has 0 spiro atoms. The van der Waals surface area contributed by atoms with Crippen molar-refractivity contribution in [2.75, 3.05) is 23.9 Å². The van der Waals surface area contributed by atoms with Gasteiger partial charge in [-0.15, -0.1) is 0 Å². The van der Waals surface area contributed by atoms with Crippen molar-refractivity contribution >= 4 is 23.2 Å². The van der Waals surface area contributed by atoms with Crippen molar-refractivity contribution < 1.29 is 14.3 Å². The van der Waals surface area contributed by atoms with Crippen LogP contribution in [0, 0.1) is 5.41 Å². The Morgan fingerprint density at radius 2 is 1.77 bits per heavy atom. The van der Waals surface area contributed by atoms with E-state index in [1.165, 1.54) is 0 Å². The van der Waals surface area contributed by atoms with Gasteiger partial charge in [-0.05, 0) is 50.5 Å². The number of hydrogen-bond donors (Lipinski definition) is 1. The molecule has 1 N–H and O–H groups in total. The molecule has 1 aliphatic heterocycles. The van der Waals surface area contributed by atoms with E-state index < -0.39 is 5.41 Å². The lowest BCUT2D eigenvalue weighted by molar-refractivity contribution is -0.136. The molecular weight excluding hydrogens is 328 g/mol. The number of nitrogens with zero attached hydrogens (tertiary/aromatic N) is 1. The van der Waals surface area contributed by atoms with Crippen LogP contribution in [0.1, 0.15) is 25.8 Å². The van der Waals surface area contributed by atoms with Crippen LogP contribution in [-0.2, 0) is 16.0 Å². The van der Waals surface area contributed by atoms with Gasteiger partial charge in [0.2, 0.25) is 11.8 Å². The monoisotopic (exact) mass is 352 g/mol. The third kappa shape index (κ3) is 3.29. The molecule has 2 amide bonds. The number of benzene rings is 2. The molecule has 0 radical (unpaired) electrons. The van der Waals surface area contributed by atoms with Crippen LogP contribution >= 0.6 is 0 Å². The van der Waals surface area contributed by atoms with Crippen molar-refractivity contribution in [3.8, 4) is 5.75 Å². The van der Waals surface area contributed by atoms with Gasteiger partial charge in [0.15, 0.2) is 0 Å². The number of carbonyl (C=O) groups excluding carboxylic acids is 2. The highest BCUT2D eigenvalue weighted by atomic mass is 16.5. The van der Waals surface area contributed by atoms with E-state index in [0.717, 1.165) is 24.1 Å². The van der Waals surface area contributed by atoms with Gasteiger partial charge in [0, 0.05) is 12.2 Å². The average Bonchev–Trinajstić information content (AvgIpc) is 2.67. The first-order valence-electron chi connectivity index (χ1n) is 8.79. The van der Waals surface area contributed by atoms with Gasteiger partial charge in [-0.1, -0.05) is 30.3 Å². The van der Waals surface area contributed by atoms with E-state index >= 15 is 0 Å². The normalized spacial score (nSPS) is 13.7. The molecule has 1 heterocycles. The van der Waals surface area contributed by atoms with Gasteiger partial charge < -0.3 is 15.0 Å². The van der Waals surface area contributed by atoms with Crippen LogP contribution in [-0.4, -0.2) is 25.5 Å². The van der Waals surface area contributed by atoms with E-state index in [1.54, 1.807) is 38.0 Å². The van der Waals surface area contributed by atoms with E-state index in [0.29, 0.717) is 18.0 Å². The number of para-hydroxylation sites is 3. The molecule has 26 heavy (non-hydrogen) atoms. The largest absolute Gasteiger partial charge is 0.495 e. The predicted octanol–water partition coefficient (Wildman–Crippen LogP) is 3.64. The maximum absolute atomic E-state index is 13.2. The Morgan fingerprint density at radius 3 is 2.54 bits per heavy atom. The minimum absolute atomic E-state index is 0.197. The standard InChI is InChI=1S/C21H24N2O3/c1-21(2,19(24)22-16-11-5-7-13-18(16)26-3)20(25)23-14-8-10-15-9-4-6-12-17(15)23/h4-7,9,11-13H,8,10,14H2,1-3H3,(H,22,24). The molecule has 0 aromatic heterocycles. The summed E-state index contributed by atoms with van der Waals surface area (Å²) in [6.07, 6.45) is 1.85. The van der Waals surface area contributed by atoms with Crippen molar-refractivity contribution in [3.05, 3.63) is 54.1 Å². The van der Waals surface area contributed by atoms with Crippen LogP contribution in [0.25, 0.3) is 0 Å². The van der Waals surface area contributed by atoms with E-state index in [9.17, 15) is 9.59 Å². The van der Waals surface area contributed by atoms with Crippen molar-refractivity contribution in [3.63, 3.8) is 0 Å². The van der Waals surface area contributed by atoms with Crippen LogP contribution in [0.15, 0.2) is 48.5 Å². The summed E-state index contributed by atoms with van der Waals surface area (Å²) in [6.45, 7) is 3.95. The fourth-order valence-electron chi connectivity index (χ4n) is 3.21. The molecule has 0 aliphatic carbocycles. The topological polar surface area (TPSA) is 58.6 Å². The molecule has 0 unspecified atom stereocenters. The third-order valence-electron chi connectivity index (χ3n) is 4.81. The number of carbonyl (C=O) groups is 2. The third-order valence-corrected chi connectivity index (χ3v) is 4.81. The Balaban J connectivity index is 1.83. The molecule has 0 saturated heterocycles. The molecule has 2 aromatic carbocycles. The van der Waals surface area contributed by atoms with Gasteiger partial charge in [-0.25, -0.2) is 0 Å². The Kier molecular flexibility index (Phi) is 4.98. The van der Waals surface area contributed by atoms with Crippen LogP contribution in [0.4, 0.5) is 11.4 Å². The van der Waals surface area contributed by atoms with Crippen LogP contribution in [0.2, 0.25) is 0 Å². The number of fused-ring (bicyclic) bond motifs is 1. The van der Waals surface area contributed by atoms with Gasteiger partial charge in [0.1, 0.15) is 11.2 Å². The highest BCUT2D eigenvalue weighted by Crippen LogP contribution is 2.32. The molecule has 1 aliphatic rings. The van der Waals surface area contributed by atoms with Crippen LogP contribution in [0.5, 0.6) is 5.75 Å². The smallest absolute Gasteiger partial charge is 0.242 e. The first-order valence-corrected chi connectivity index (χ1v) is 8.79. The Morgan fingerprint density at radius 1 is 1.08 bits per heavy atom. The zero-order chi connectivity index (χ0) is 18.7. The van der Waals surface area contributed by atoms with Crippen LogP contribution < -0.4 is 15.0 Å². The van der Waals surface area contributed by atoms with Gasteiger partial charge in [-0.2, -0.15) is 0 Å². The second-order valence-electron chi connectivity index (χ2n) is 6.97. The quantitative estimate of drug-likeness (QED) is 0.855. The zero-order valence-electron chi connectivity index (χ0n) is 15.4. The van der Waals surface area contributed by atoms with E-state index in [4.69, 9.17) is 4.74 Å². The number of hydrogen-bond acceptors (Lipinski definition) is 3. The average molecular weight is 352 g/mol. The fraction of sp³-hybridized carbons (Fsp3) is 0.333. The highest BCUT2D eigenvalue weighted by molar-refractivity contribution is 6.15. The number of methoxy groups -OCH3 is 1. The first kappa shape index (κ1) is 18.0. The summed E-state index contributed by atoms with van der Waals surface area (Å²) in [5, 5.41) is 2.83. The Hall–Kier alpha value is -2.82. The summed E-state index contributed by atoms with van der Waals surface area (Å²) >= 11 is 0. The summed E-state index contributed by atoms with van der Waals surface area (Å²) in [5.41, 5.74) is 1.40. The molecule has 0 bridgehead atoms. The maximum atomic E-state index is 13.2. The molecule has 5 nitrogen and oxygen atoms in total. The van der Waals surface area contributed by atoms with Gasteiger partial charge in [0.05, 0.1) is 12.8 Å². The first-order chi connectivity index (χ1) is 12.4.